The van der Waals surface area contributed by atoms with Crippen molar-refractivity contribution in [1.82, 2.24) is 0 Å². The second-order valence-corrected chi connectivity index (χ2v) is 6.02. The summed E-state index contributed by atoms with van der Waals surface area (Å²) in [6, 6.07) is 0. The van der Waals surface area contributed by atoms with Crippen molar-refractivity contribution >= 4 is 0 Å². The summed E-state index contributed by atoms with van der Waals surface area (Å²) in [5.74, 6) is 1.68. The standard InChI is InChI=1S/C15H27FO2/c16-10-1-11-18-15-8-4-13(5-9-15)12-2-6-14(17)7-3-12/h12-15,17H,1-11H2. The van der Waals surface area contributed by atoms with Gasteiger partial charge in [-0.25, -0.2) is 0 Å². The van der Waals surface area contributed by atoms with Gasteiger partial charge in [-0.05, 0) is 69.6 Å². The van der Waals surface area contributed by atoms with Crippen molar-refractivity contribution in [2.75, 3.05) is 13.3 Å². The van der Waals surface area contributed by atoms with E-state index in [0.717, 1.165) is 37.5 Å². The van der Waals surface area contributed by atoms with Gasteiger partial charge >= 0.3 is 0 Å². The molecule has 0 atom stereocenters. The molecular formula is C15H27FO2. The summed E-state index contributed by atoms with van der Waals surface area (Å²) >= 11 is 0. The summed E-state index contributed by atoms with van der Waals surface area (Å²) in [4.78, 5) is 0. The van der Waals surface area contributed by atoms with Gasteiger partial charge in [0.25, 0.3) is 0 Å². The summed E-state index contributed by atoms with van der Waals surface area (Å²) in [6.07, 6.45) is 10.1. The van der Waals surface area contributed by atoms with Crippen molar-refractivity contribution in [3.05, 3.63) is 0 Å². The molecule has 0 radical (unpaired) electrons. The molecule has 2 aliphatic carbocycles. The molecule has 0 aromatic rings. The van der Waals surface area contributed by atoms with E-state index in [1.54, 1.807) is 0 Å². The molecule has 0 aliphatic heterocycles. The van der Waals surface area contributed by atoms with Crippen LogP contribution >= 0.6 is 0 Å². The molecule has 0 bridgehead atoms. The third-order valence-corrected chi connectivity index (χ3v) is 4.76. The van der Waals surface area contributed by atoms with Crippen molar-refractivity contribution in [3.63, 3.8) is 0 Å². The first kappa shape index (κ1) is 14.3. The van der Waals surface area contributed by atoms with Crippen LogP contribution in [0.2, 0.25) is 0 Å². The summed E-state index contributed by atoms with van der Waals surface area (Å²) in [5, 5.41) is 9.54. The van der Waals surface area contributed by atoms with Gasteiger partial charge in [0.2, 0.25) is 0 Å². The van der Waals surface area contributed by atoms with Crippen molar-refractivity contribution in [1.29, 1.82) is 0 Å². The van der Waals surface area contributed by atoms with Crippen LogP contribution in [-0.2, 0) is 4.74 Å². The fourth-order valence-corrected chi connectivity index (χ4v) is 3.60. The highest BCUT2D eigenvalue weighted by Crippen LogP contribution is 2.38. The van der Waals surface area contributed by atoms with Crippen LogP contribution in [0.5, 0.6) is 0 Å². The fourth-order valence-electron chi connectivity index (χ4n) is 3.60. The van der Waals surface area contributed by atoms with Crippen LogP contribution in [0.25, 0.3) is 0 Å². The first-order chi connectivity index (χ1) is 8.79. The monoisotopic (exact) mass is 258 g/mol. The Morgan fingerprint density at radius 3 is 2.00 bits per heavy atom. The lowest BCUT2D eigenvalue weighted by atomic mass is 9.72. The second kappa shape index (κ2) is 7.44. The zero-order valence-electron chi connectivity index (χ0n) is 11.3. The molecule has 0 amide bonds. The average molecular weight is 258 g/mol. The van der Waals surface area contributed by atoms with E-state index in [0.29, 0.717) is 19.1 Å². The first-order valence-electron chi connectivity index (χ1n) is 7.65. The summed E-state index contributed by atoms with van der Waals surface area (Å²) in [5.41, 5.74) is 0. The van der Waals surface area contributed by atoms with Gasteiger partial charge in [-0.2, -0.15) is 0 Å². The van der Waals surface area contributed by atoms with E-state index in [9.17, 15) is 9.50 Å². The van der Waals surface area contributed by atoms with Crippen molar-refractivity contribution in [2.24, 2.45) is 11.8 Å². The minimum absolute atomic E-state index is 0.0402. The maximum atomic E-state index is 12.0. The average Bonchev–Trinajstić information content (AvgIpc) is 2.41. The van der Waals surface area contributed by atoms with Crippen molar-refractivity contribution in [2.45, 2.75) is 70.0 Å². The molecule has 2 saturated carbocycles. The number of hydrogen-bond donors (Lipinski definition) is 1. The molecule has 0 aromatic heterocycles. The minimum Gasteiger partial charge on any atom is -0.393 e. The lowest BCUT2D eigenvalue weighted by molar-refractivity contribution is 0.000964. The van der Waals surface area contributed by atoms with E-state index in [2.05, 4.69) is 0 Å². The lowest BCUT2D eigenvalue weighted by Gasteiger charge is -2.36. The minimum atomic E-state index is -0.264. The number of alkyl halides is 1. The van der Waals surface area contributed by atoms with Gasteiger partial charge in [0, 0.05) is 6.61 Å². The van der Waals surface area contributed by atoms with Crippen LogP contribution in [0, 0.1) is 11.8 Å². The van der Waals surface area contributed by atoms with E-state index in [-0.39, 0.29) is 12.8 Å². The maximum absolute atomic E-state index is 12.0. The zero-order valence-corrected chi connectivity index (χ0v) is 11.3. The van der Waals surface area contributed by atoms with Gasteiger partial charge in [-0.1, -0.05) is 0 Å². The molecule has 0 unspecified atom stereocenters. The van der Waals surface area contributed by atoms with E-state index < -0.39 is 0 Å². The van der Waals surface area contributed by atoms with E-state index in [1.165, 1.54) is 25.7 Å². The number of rotatable bonds is 5. The molecule has 0 heterocycles. The molecule has 2 aliphatic rings. The van der Waals surface area contributed by atoms with Crippen LogP contribution in [0.3, 0.4) is 0 Å². The van der Waals surface area contributed by atoms with E-state index in [4.69, 9.17) is 4.74 Å². The predicted octanol–water partition coefficient (Wildman–Crippen LogP) is 3.47. The van der Waals surface area contributed by atoms with Gasteiger partial charge in [0.1, 0.15) is 0 Å². The van der Waals surface area contributed by atoms with Crippen LogP contribution in [0.1, 0.15) is 57.8 Å². The molecule has 0 aromatic carbocycles. The van der Waals surface area contributed by atoms with Crippen LogP contribution < -0.4 is 0 Å². The van der Waals surface area contributed by atoms with Crippen molar-refractivity contribution < 1.29 is 14.2 Å². The molecule has 3 heteroatoms. The molecule has 2 nitrogen and oxygen atoms in total. The second-order valence-electron chi connectivity index (χ2n) is 6.02. The highest BCUT2D eigenvalue weighted by molar-refractivity contribution is 4.82. The maximum Gasteiger partial charge on any atom is 0.0916 e. The SMILES string of the molecule is OC1CCC(C2CCC(OCCCF)CC2)CC1. The van der Waals surface area contributed by atoms with Crippen LogP contribution in [0.15, 0.2) is 0 Å². The van der Waals surface area contributed by atoms with Gasteiger partial charge in [0.15, 0.2) is 0 Å². The Bertz CT molecular complexity index is 219. The smallest absolute Gasteiger partial charge is 0.0916 e. The van der Waals surface area contributed by atoms with E-state index in [1.807, 2.05) is 0 Å². The van der Waals surface area contributed by atoms with Gasteiger partial charge in [-0.3, -0.25) is 4.39 Å². The van der Waals surface area contributed by atoms with Gasteiger partial charge in [-0.15, -0.1) is 0 Å². The highest BCUT2D eigenvalue weighted by Gasteiger charge is 2.30. The normalized spacial score (nSPS) is 37.7. The molecule has 1 N–H and O–H groups in total. The molecule has 2 rings (SSSR count). The molecular weight excluding hydrogens is 231 g/mol. The Balaban J connectivity index is 1.63. The van der Waals surface area contributed by atoms with E-state index >= 15 is 0 Å². The summed E-state index contributed by atoms with van der Waals surface area (Å²) in [7, 11) is 0. The molecule has 106 valence electrons. The number of halogens is 1. The van der Waals surface area contributed by atoms with Crippen LogP contribution in [-0.4, -0.2) is 30.6 Å². The molecule has 0 saturated heterocycles. The number of hydrogen-bond acceptors (Lipinski definition) is 2. The Morgan fingerprint density at radius 1 is 0.889 bits per heavy atom. The summed E-state index contributed by atoms with van der Waals surface area (Å²) < 4.78 is 17.7. The Morgan fingerprint density at radius 2 is 1.44 bits per heavy atom. The van der Waals surface area contributed by atoms with Gasteiger partial charge in [0.05, 0.1) is 18.9 Å². The quantitative estimate of drug-likeness (QED) is 0.765. The Kier molecular flexibility index (Phi) is 5.90. The number of ether oxygens (including phenoxy) is 1. The number of aliphatic hydroxyl groups is 1. The van der Waals surface area contributed by atoms with Crippen LogP contribution in [0.4, 0.5) is 4.39 Å². The first-order valence-corrected chi connectivity index (χ1v) is 7.65. The highest BCUT2D eigenvalue weighted by atomic mass is 19.1. The molecule has 0 spiro atoms. The molecule has 18 heavy (non-hydrogen) atoms. The molecule has 2 fully saturated rings. The Labute approximate surface area is 110 Å². The lowest BCUT2D eigenvalue weighted by Crippen LogP contribution is -2.29. The number of aliphatic hydroxyl groups excluding tert-OH is 1. The van der Waals surface area contributed by atoms with Gasteiger partial charge < -0.3 is 9.84 Å². The summed E-state index contributed by atoms with van der Waals surface area (Å²) in [6.45, 7) is 0.321. The zero-order chi connectivity index (χ0) is 12.8. The third kappa shape index (κ3) is 4.20. The predicted molar refractivity (Wildman–Crippen MR) is 70.3 cm³/mol. The van der Waals surface area contributed by atoms with Crippen molar-refractivity contribution in [3.8, 4) is 0 Å². The largest absolute Gasteiger partial charge is 0.393 e. The topological polar surface area (TPSA) is 29.5 Å². The fraction of sp³-hybridized carbons (Fsp3) is 1.00. The Hall–Kier alpha value is -0.150. The third-order valence-electron chi connectivity index (χ3n) is 4.76.